The molecule has 0 radical (unpaired) electrons. The quantitative estimate of drug-likeness (QED) is 0.672. The van der Waals surface area contributed by atoms with Gasteiger partial charge in [-0.15, -0.1) is 0 Å². The van der Waals surface area contributed by atoms with E-state index in [1.165, 1.54) is 26.2 Å². The van der Waals surface area contributed by atoms with Crippen molar-refractivity contribution in [3.05, 3.63) is 23.8 Å². The molecule has 0 atom stereocenters. The molecule has 0 bridgehead atoms. The Balaban J connectivity index is 1.78. The minimum absolute atomic E-state index is 0.0211. The van der Waals surface area contributed by atoms with Crippen molar-refractivity contribution in [1.82, 2.24) is 9.62 Å². The maximum atomic E-state index is 12.8. The zero-order valence-corrected chi connectivity index (χ0v) is 17.8. The maximum Gasteiger partial charge on any atom is 0.340 e. The number of esters is 1. The molecule has 1 amide bonds. The average molecular weight is 424 g/mol. The van der Waals surface area contributed by atoms with Crippen molar-refractivity contribution < 1.29 is 22.7 Å². The van der Waals surface area contributed by atoms with Crippen LogP contribution >= 0.6 is 0 Å². The van der Waals surface area contributed by atoms with Crippen LogP contribution in [0.15, 0.2) is 23.1 Å². The fourth-order valence-corrected chi connectivity index (χ4v) is 4.76. The van der Waals surface area contributed by atoms with Gasteiger partial charge in [-0.1, -0.05) is 12.8 Å². The monoisotopic (exact) mass is 423 g/mol. The van der Waals surface area contributed by atoms with Gasteiger partial charge in [0.05, 0.1) is 16.1 Å². The van der Waals surface area contributed by atoms with Crippen LogP contribution in [0.1, 0.15) is 48.9 Å². The van der Waals surface area contributed by atoms with E-state index in [1.54, 1.807) is 6.07 Å². The second-order valence-electron chi connectivity index (χ2n) is 7.79. The molecular formula is C20H29N3O5S. The summed E-state index contributed by atoms with van der Waals surface area (Å²) in [5.74, 6) is -1.02. The summed E-state index contributed by atoms with van der Waals surface area (Å²) in [5.41, 5.74) is 0.810. The van der Waals surface area contributed by atoms with Gasteiger partial charge >= 0.3 is 5.97 Å². The molecule has 9 heteroatoms. The summed E-state index contributed by atoms with van der Waals surface area (Å²) in [7, 11) is -0.813. The number of ether oxygens (including phenoxy) is 1. The topological polar surface area (TPSA) is 96.0 Å². The number of carbonyl (C=O) groups excluding carboxylic acids is 2. The summed E-state index contributed by atoms with van der Waals surface area (Å²) in [4.78, 5) is 26.9. The molecule has 1 aliphatic carbocycles. The maximum absolute atomic E-state index is 12.8. The molecule has 8 nitrogen and oxygen atoms in total. The van der Waals surface area contributed by atoms with E-state index >= 15 is 0 Å². The SMILES string of the molecule is CN(C)S(=O)(=O)c1ccc(N2CCCC2)c(C(=O)OCC(=O)NC2CCCC2)c1. The van der Waals surface area contributed by atoms with E-state index in [2.05, 4.69) is 5.32 Å². The number of nitrogens with zero attached hydrogens (tertiary/aromatic N) is 2. The zero-order chi connectivity index (χ0) is 21.0. The number of carbonyl (C=O) groups is 2. The minimum Gasteiger partial charge on any atom is -0.452 e. The Bertz CT molecular complexity index is 857. The predicted octanol–water partition coefficient (Wildman–Crippen LogP) is 1.75. The molecule has 0 unspecified atom stereocenters. The molecule has 0 spiro atoms. The molecule has 1 aromatic carbocycles. The van der Waals surface area contributed by atoms with Crippen LogP contribution in [-0.4, -0.2) is 64.4 Å². The Morgan fingerprint density at radius 1 is 1.14 bits per heavy atom. The van der Waals surface area contributed by atoms with Crippen LogP contribution in [0.3, 0.4) is 0 Å². The van der Waals surface area contributed by atoms with Crippen LogP contribution in [0.2, 0.25) is 0 Å². The van der Waals surface area contributed by atoms with Crippen LogP contribution in [0.4, 0.5) is 5.69 Å². The highest BCUT2D eigenvalue weighted by Gasteiger charge is 2.26. The van der Waals surface area contributed by atoms with Gasteiger partial charge < -0.3 is 15.0 Å². The minimum atomic E-state index is -3.69. The van der Waals surface area contributed by atoms with E-state index in [0.717, 1.165) is 55.9 Å². The molecule has 3 rings (SSSR count). The number of rotatable bonds is 7. The molecular weight excluding hydrogens is 394 g/mol. The third-order valence-corrected chi connectivity index (χ3v) is 7.28. The molecule has 1 saturated carbocycles. The van der Waals surface area contributed by atoms with Gasteiger partial charge in [0, 0.05) is 33.2 Å². The Labute approximate surface area is 172 Å². The highest BCUT2D eigenvalue weighted by atomic mass is 32.2. The number of hydrogen-bond acceptors (Lipinski definition) is 6. The lowest BCUT2D eigenvalue weighted by atomic mass is 10.1. The first-order valence-electron chi connectivity index (χ1n) is 10.1. The van der Waals surface area contributed by atoms with Gasteiger partial charge in [-0.3, -0.25) is 4.79 Å². The van der Waals surface area contributed by atoms with Crippen molar-refractivity contribution in [2.24, 2.45) is 0 Å². The summed E-state index contributed by atoms with van der Waals surface area (Å²) in [6.45, 7) is 1.21. The Morgan fingerprint density at radius 3 is 2.41 bits per heavy atom. The van der Waals surface area contributed by atoms with E-state index in [0.29, 0.717) is 5.69 Å². The molecule has 1 N–H and O–H groups in total. The van der Waals surface area contributed by atoms with Crippen molar-refractivity contribution in [3.8, 4) is 0 Å². The Kier molecular flexibility index (Phi) is 6.79. The second kappa shape index (κ2) is 9.13. The number of benzene rings is 1. The third-order valence-electron chi connectivity index (χ3n) is 5.47. The van der Waals surface area contributed by atoms with E-state index in [-0.39, 0.29) is 29.0 Å². The standard InChI is InChI=1S/C20H29N3O5S/c1-22(2)29(26,27)16-9-10-18(23-11-5-6-12-23)17(13-16)20(25)28-14-19(24)21-15-7-3-4-8-15/h9-10,13,15H,3-8,11-12,14H2,1-2H3,(H,21,24). The summed E-state index contributed by atoms with van der Waals surface area (Å²) in [6.07, 6.45) is 6.10. The number of amides is 1. The molecule has 1 aromatic rings. The smallest absolute Gasteiger partial charge is 0.340 e. The molecule has 1 aliphatic heterocycles. The van der Waals surface area contributed by atoms with Gasteiger partial charge in [0.1, 0.15) is 0 Å². The molecule has 1 saturated heterocycles. The zero-order valence-electron chi connectivity index (χ0n) is 17.0. The van der Waals surface area contributed by atoms with Crippen LogP contribution < -0.4 is 10.2 Å². The molecule has 2 aliphatic rings. The normalized spacial score (nSPS) is 17.7. The van der Waals surface area contributed by atoms with E-state index in [4.69, 9.17) is 4.74 Å². The lowest BCUT2D eigenvalue weighted by Gasteiger charge is -2.22. The van der Waals surface area contributed by atoms with Crippen LogP contribution in [-0.2, 0) is 19.6 Å². The Morgan fingerprint density at radius 2 is 1.79 bits per heavy atom. The summed E-state index contributed by atoms with van der Waals surface area (Å²) >= 11 is 0. The van der Waals surface area contributed by atoms with Crippen molar-refractivity contribution in [3.63, 3.8) is 0 Å². The average Bonchev–Trinajstić information content (AvgIpc) is 3.39. The van der Waals surface area contributed by atoms with Gasteiger partial charge in [-0.2, -0.15) is 0 Å². The number of anilines is 1. The van der Waals surface area contributed by atoms with Gasteiger partial charge in [0.2, 0.25) is 10.0 Å². The largest absolute Gasteiger partial charge is 0.452 e. The lowest BCUT2D eigenvalue weighted by Crippen LogP contribution is -2.36. The van der Waals surface area contributed by atoms with Gasteiger partial charge in [0.15, 0.2) is 6.61 Å². The summed E-state index contributed by atoms with van der Waals surface area (Å²) < 4.78 is 31.3. The van der Waals surface area contributed by atoms with Gasteiger partial charge in [-0.05, 0) is 43.9 Å². The Hall–Kier alpha value is -2.13. The lowest BCUT2D eigenvalue weighted by molar-refractivity contribution is -0.124. The fourth-order valence-electron chi connectivity index (χ4n) is 3.83. The van der Waals surface area contributed by atoms with Crippen molar-refractivity contribution >= 4 is 27.6 Å². The van der Waals surface area contributed by atoms with E-state index < -0.39 is 16.0 Å². The van der Waals surface area contributed by atoms with Crippen molar-refractivity contribution in [2.45, 2.75) is 49.5 Å². The second-order valence-corrected chi connectivity index (χ2v) is 9.94. The fraction of sp³-hybridized carbons (Fsp3) is 0.600. The summed E-state index contributed by atoms with van der Waals surface area (Å²) in [5, 5.41) is 2.88. The first-order chi connectivity index (χ1) is 13.8. The predicted molar refractivity (Wildman–Crippen MR) is 109 cm³/mol. The molecule has 2 fully saturated rings. The first kappa shape index (κ1) is 21.6. The molecule has 29 heavy (non-hydrogen) atoms. The van der Waals surface area contributed by atoms with Gasteiger partial charge in [-0.25, -0.2) is 17.5 Å². The summed E-state index contributed by atoms with van der Waals surface area (Å²) in [6, 6.07) is 4.65. The highest BCUT2D eigenvalue weighted by Crippen LogP contribution is 2.28. The number of sulfonamides is 1. The molecule has 1 heterocycles. The first-order valence-corrected chi connectivity index (χ1v) is 11.5. The molecule has 0 aromatic heterocycles. The third kappa shape index (κ3) is 5.08. The van der Waals surface area contributed by atoms with E-state index in [1.807, 2.05) is 4.90 Å². The van der Waals surface area contributed by atoms with Gasteiger partial charge in [0.25, 0.3) is 5.91 Å². The van der Waals surface area contributed by atoms with Crippen LogP contribution in [0, 0.1) is 0 Å². The van der Waals surface area contributed by atoms with Crippen molar-refractivity contribution in [2.75, 3.05) is 38.7 Å². The van der Waals surface area contributed by atoms with Crippen LogP contribution in [0.5, 0.6) is 0 Å². The number of hydrogen-bond donors (Lipinski definition) is 1. The van der Waals surface area contributed by atoms with Crippen LogP contribution in [0.25, 0.3) is 0 Å². The highest BCUT2D eigenvalue weighted by molar-refractivity contribution is 7.89. The number of nitrogens with one attached hydrogen (secondary N) is 1. The molecule has 160 valence electrons. The van der Waals surface area contributed by atoms with Crippen molar-refractivity contribution in [1.29, 1.82) is 0 Å². The van der Waals surface area contributed by atoms with E-state index in [9.17, 15) is 18.0 Å².